The van der Waals surface area contributed by atoms with Crippen LogP contribution in [0.3, 0.4) is 0 Å². The van der Waals surface area contributed by atoms with Crippen molar-refractivity contribution in [2.75, 3.05) is 4.81 Å². The fourth-order valence-electron chi connectivity index (χ4n) is 13.5. The van der Waals surface area contributed by atoms with Crippen LogP contribution in [0.4, 0.5) is 11.4 Å². The number of hydrogen-bond acceptors (Lipinski definition) is 3. The molecule has 68 heavy (non-hydrogen) atoms. The maximum Gasteiger partial charge on any atom is 0.333 e. The molecule has 0 bridgehead atoms. The molecule has 0 N–H and O–H groups in total. The lowest BCUT2D eigenvalue weighted by Gasteiger charge is -2.42. The SMILES string of the molecule is CC(C)(C)c1ccc(N2B3c4cc5c(cc4-n4c6cc7c(cc6c6ccc(c3c64)-c3cc4oc6cc8c(cc6c4cc32)C(C)(C)CCC8(C)C)sc2ccccc27)C(C)(C)c2ccccc2-5)cc1. The monoisotopic (exact) mass is 896 g/mol. The van der Waals surface area contributed by atoms with Crippen molar-refractivity contribution in [2.24, 2.45) is 0 Å². The van der Waals surface area contributed by atoms with Gasteiger partial charge in [-0.25, -0.2) is 0 Å². The van der Waals surface area contributed by atoms with Gasteiger partial charge in [-0.1, -0.05) is 135 Å². The Bertz CT molecular complexity index is 4110. The minimum absolute atomic E-state index is 0.0264. The van der Waals surface area contributed by atoms with Crippen molar-refractivity contribution in [3.05, 3.63) is 161 Å². The first-order valence-corrected chi connectivity index (χ1v) is 25.5. The molecule has 11 aromatic rings. The largest absolute Gasteiger partial charge is 0.456 e. The van der Waals surface area contributed by atoms with Crippen LogP contribution in [0.5, 0.6) is 0 Å². The van der Waals surface area contributed by atoms with Gasteiger partial charge in [0.2, 0.25) is 0 Å². The van der Waals surface area contributed by atoms with E-state index >= 15 is 0 Å². The number of furan rings is 1. The molecule has 0 fully saturated rings. The van der Waals surface area contributed by atoms with Gasteiger partial charge in [0.05, 0.1) is 11.0 Å². The molecule has 0 atom stereocenters. The van der Waals surface area contributed by atoms with Gasteiger partial charge in [-0.15, -0.1) is 11.3 Å². The molecule has 0 saturated heterocycles. The van der Waals surface area contributed by atoms with Gasteiger partial charge in [0, 0.05) is 69.8 Å². The van der Waals surface area contributed by atoms with Crippen LogP contribution in [0.25, 0.3) is 91.9 Å². The lowest BCUT2D eigenvalue weighted by atomic mass is 9.43. The highest BCUT2D eigenvalue weighted by atomic mass is 32.1. The summed E-state index contributed by atoms with van der Waals surface area (Å²) >= 11 is 1.91. The van der Waals surface area contributed by atoms with E-state index in [4.69, 9.17) is 4.42 Å². The van der Waals surface area contributed by atoms with Gasteiger partial charge in [-0.05, 0) is 145 Å². The minimum Gasteiger partial charge on any atom is -0.456 e. The second-order valence-corrected chi connectivity index (χ2v) is 24.6. The molecule has 8 aromatic carbocycles. The zero-order chi connectivity index (χ0) is 46.1. The summed E-state index contributed by atoms with van der Waals surface area (Å²) in [6, 6.07) is 52.4. The Balaban J connectivity index is 1.09. The molecular formula is C63H53BN2OS. The molecule has 5 heterocycles. The fourth-order valence-corrected chi connectivity index (χ4v) is 14.7. The number of benzene rings is 8. The zero-order valence-electron chi connectivity index (χ0n) is 40.4. The highest BCUT2D eigenvalue weighted by Crippen LogP contribution is 2.54. The van der Waals surface area contributed by atoms with Crippen LogP contribution in [-0.4, -0.2) is 11.4 Å². The molecule has 0 saturated carbocycles. The average molecular weight is 897 g/mol. The number of rotatable bonds is 1. The van der Waals surface area contributed by atoms with Crippen LogP contribution >= 0.6 is 11.3 Å². The summed E-state index contributed by atoms with van der Waals surface area (Å²) in [5, 5.41) is 7.68. The van der Waals surface area contributed by atoms with Crippen molar-refractivity contribution < 1.29 is 4.42 Å². The Morgan fingerprint density at radius 3 is 2.04 bits per heavy atom. The maximum absolute atomic E-state index is 7.06. The molecule has 2 aliphatic heterocycles. The van der Waals surface area contributed by atoms with E-state index in [9.17, 15) is 0 Å². The Morgan fingerprint density at radius 2 is 1.25 bits per heavy atom. The van der Waals surface area contributed by atoms with E-state index in [0.29, 0.717) is 0 Å². The quantitative estimate of drug-likeness (QED) is 0.153. The summed E-state index contributed by atoms with van der Waals surface area (Å²) in [5.41, 5.74) is 23.2. The first kappa shape index (κ1) is 39.4. The summed E-state index contributed by atoms with van der Waals surface area (Å²) in [5.74, 6) is 0. The van der Waals surface area contributed by atoms with Crippen molar-refractivity contribution >= 4 is 104 Å². The summed E-state index contributed by atoms with van der Waals surface area (Å²) in [6.45, 7) is 21.4. The number of thiophene rings is 1. The smallest absolute Gasteiger partial charge is 0.333 e. The van der Waals surface area contributed by atoms with Crippen LogP contribution in [-0.2, 0) is 21.7 Å². The molecule has 2 aliphatic carbocycles. The molecule has 330 valence electrons. The number of hydrogen-bond donors (Lipinski definition) is 0. The molecule has 3 nitrogen and oxygen atoms in total. The van der Waals surface area contributed by atoms with Gasteiger partial charge < -0.3 is 13.8 Å². The standard InChI is InChI=1S/C63H53BN2OS/c1-60(2,3)34-18-20-35(21-19-34)66-52-28-44-43-26-48-49(62(6,7)25-24-61(48,4)5)33-55(43)67-54(44)30-41(52)38-22-23-39-42-31-57-45(37-15-11-13-17-56(37)68-57)29-51(42)65-53-32-47-40(27-50(53)64(66)58(38)59(39)65)36-14-10-12-16-46(36)63(47,8)9/h10-23,26-33H,24-25H2,1-9H3. The van der Waals surface area contributed by atoms with Crippen LogP contribution < -0.4 is 15.7 Å². The van der Waals surface area contributed by atoms with E-state index in [1.807, 2.05) is 11.3 Å². The van der Waals surface area contributed by atoms with Crippen LogP contribution in [0, 0.1) is 0 Å². The van der Waals surface area contributed by atoms with Gasteiger partial charge in [0.1, 0.15) is 11.2 Å². The topological polar surface area (TPSA) is 21.3 Å². The van der Waals surface area contributed by atoms with Gasteiger partial charge in [0.25, 0.3) is 0 Å². The predicted molar refractivity (Wildman–Crippen MR) is 292 cm³/mol. The Labute approximate surface area is 402 Å². The molecule has 3 aromatic heterocycles. The third-order valence-electron chi connectivity index (χ3n) is 17.4. The number of fused-ring (bicyclic) bond motifs is 18. The lowest BCUT2D eigenvalue weighted by molar-refractivity contribution is 0.332. The summed E-state index contributed by atoms with van der Waals surface area (Å²) < 4.78 is 12.4. The van der Waals surface area contributed by atoms with E-state index in [0.717, 1.165) is 11.2 Å². The van der Waals surface area contributed by atoms with Crippen molar-refractivity contribution in [2.45, 2.75) is 96.8 Å². The molecule has 0 spiro atoms. The van der Waals surface area contributed by atoms with Crippen LogP contribution in [0.1, 0.15) is 103 Å². The third kappa shape index (κ3) is 4.91. The van der Waals surface area contributed by atoms with Crippen LogP contribution in [0.2, 0.25) is 0 Å². The molecule has 4 aliphatic rings. The fraction of sp³-hybridized carbons (Fsp3) is 0.238. The Morgan fingerprint density at radius 1 is 0.529 bits per heavy atom. The van der Waals surface area contributed by atoms with E-state index in [2.05, 4.69) is 205 Å². The number of aromatic nitrogens is 1. The molecule has 0 unspecified atom stereocenters. The second-order valence-electron chi connectivity index (χ2n) is 23.5. The van der Waals surface area contributed by atoms with Gasteiger partial charge in [-0.2, -0.15) is 0 Å². The summed E-state index contributed by atoms with van der Waals surface area (Å²) in [4.78, 5) is 2.71. The number of anilines is 2. The van der Waals surface area contributed by atoms with Crippen molar-refractivity contribution in [3.63, 3.8) is 0 Å². The second kappa shape index (κ2) is 12.6. The zero-order valence-corrected chi connectivity index (χ0v) is 41.2. The molecule has 15 rings (SSSR count). The van der Waals surface area contributed by atoms with E-state index < -0.39 is 0 Å². The van der Waals surface area contributed by atoms with Crippen molar-refractivity contribution in [3.8, 4) is 27.9 Å². The first-order valence-electron chi connectivity index (χ1n) is 24.7. The minimum atomic E-state index is -0.152. The lowest BCUT2D eigenvalue weighted by Crippen LogP contribution is -2.60. The van der Waals surface area contributed by atoms with Gasteiger partial charge >= 0.3 is 6.85 Å². The average Bonchev–Trinajstić information content (AvgIpc) is 4.03. The predicted octanol–water partition coefficient (Wildman–Crippen LogP) is 16.2. The van der Waals surface area contributed by atoms with E-state index in [1.54, 1.807) is 0 Å². The number of nitrogens with zero attached hydrogens (tertiary/aromatic N) is 2. The van der Waals surface area contributed by atoms with Crippen molar-refractivity contribution in [1.82, 2.24) is 4.57 Å². The molecule has 5 heteroatoms. The highest BCUT2D eigenvalue weighted by molar-refractivity contribution is 7.25. The first-order chi connectivity index (χ1) is 32.6. The van der Waals surface area contributed by atoms with Crippen molar-refractivity contribution in [1.29, 1.82) is 0 Å². The Hall–Kier alpha value is -6.56. The summed E-state index contributed by atoms with van der Waals surface area (Å²) in [6.07, 6.45) is 2.34. The maximum atomic E-state index is 7.06. The highest BCUT2D eigenvalue weighted by Gasteiger charge is 2.47. The molecular weight excluding hydrogens is 844 g/mol. The van der Waals surface area contributed by atoms with E-state index in [-0.39, 0.29) is 28.5 Å². The van der Waals surface area contributed by atoms with E-state index in [1.165, 1.54) is 144 Å². The molecule has 0 radical (unpaired) electrons. The van der Waals surface area contributed by atoms with Gasteiger partial charge in [0.15, 0.2) is 0 Å². The molecule has 0 amide bonds. The van der Waals surface area contributed by atoms with Gasteiger partial charge in [-0.3, -0.25) is 0 Å². The normalized spacial score (nSPS) is 17.1. The third-order valence-corrected chi connectivity index (χ3v) is 18.5. The Kier molecular flexibility index (Phi) is 7.28. The summed E-state index contributed by atoms with van der Waals surface area (Å²) in [7, 11) is 0. The van der Waals surface area contributed by atoms with Crippen LogP contribution in [0.15, 0.2) is 138 Å².